The van der Waals surface area contributed by atoms with Crippen LogP contribution in [-0.4, -0.2) is 39.0 Å². The van der Waals surface area contributed by atoms with Gasteiger partial charge in [0.25, 0.3) is 0 Å². The molecule has 1 amide bonds. The van der Waals surface area contributed by atoms with Gasteiger partial charge in [-0.1, -0.05) is 50.7 Å². The van der Waals surface area contributed by atoms with E-state index < -0.39 is 6.04 Å². The maximum absolute atomic E-state index is 13.0. The van der Waals surface area contributed by atoms with Crippen LogP contribution in [0.3, 0.4) is 0 Å². The molecule has 0 bridgehead atoms. The first-order valence-corrected chi connectivity index (χ1v) is 10.3. The number of benzene rings is 1. The van der Waals surface area contributed by atoms with E-state index >= 15 is 0 Å². The summed E-state index contributed by atoms with van der Waals surface area (Å²) in [6.07, 6.45) is 0.491. The lowest BCUT2D eigenvalue weighted by Gasteiger charge is -2.20. The molecule has 0 aliphatic rings. The van der Waals surface area contributed by atoms with Gasteiger partial charge in [-0.25, -0.2) is 0 Å². The molecule has 0 fully saturated rings. The molecule has 0 saturated heterocycles. The first-order chi connectivity index (χ1) is 13.4. The number of nitrogens with one attached hydrogen (secondary N) is 1. The van der Waals surface area contributed by atoms with Gasteiger partial charge in [0.1, 0.15) is 6.04 Å². The summed E-state index contributed by atoms with van der Waals surface area (Å²) in [5.74, 6) is -0.0953. The van der Waals surface area contributed by atoms with Crippen LogP contribution in [0.25, 0.3) is 0 Å². The number of hydrogen-bond donors (Lipinski definition) is 2. The molecule has 0 spiro atoms. The molecule has 0 saturated carbocycles. The van der Waals surface area contributed by atoms with Crippen molar-refractivity contribution in [2.75, 3.05) is 23.4 Å². The number of nitrogens with zero attached hydrogens (tertiary/aromatic N) is 3. The van der Waals surface area contributed by atoms with Crippen molar-refractivity contribution in [2.24, 2.45) is 0 Å². The fourth-order valence-electron chi connectivity index (χ4n) is 2.82. The van der Waals surface area contributed by atoms with Crippen molar-refractivity contribution in [3.05, 3.63) is 29.8 Å². The lowest BCUT2D eigenvalue weighted by atomic mass is 10.0. The topological polar surface area (TPSA) is 112 Å². The highest BCUT2D eigenvalue weighted by atomic mass is 32.2. The average molecular weight is 406 g/mol. The smallest absolute Gasteiger partial charge is 0.316 e. The van der Waals surface area contributed by atoms with E-state index in [2.05, 4.69) is 29.4 Å². The lowest BCUT2D eigenvalue weighted by Crippen LogP contribution is -2.27. The van der Waals surface area contributed by atoms with Gasteiger partial charge in [-0.2, -0.15) is 0 Å². The third-order valence-corrected chi connectivity index (χ3v) is 5.07. The molecule has 0 aliphatic heterocycles. The molecule has 3 N–H and O–H groups in total. The van der Waals surface area contributed by atoms with Crippen molar-refractivity contribution in [3.63, 3.8) is 0 Å². The van der Waals surface area contributed by atoms with E-state index in [0.717, 1.165) is 23.0 Å². The molecular weight excluding hydrogens is 378 g/mol. The van der Waals surface area contributed by atoms with Gasteiger partial charge in [0.2, 0.25) is 11.9 Å². The molecule has 1 heterocycles. The second-order valence-electron chi connectivity index (χ2n) is 6.46. The molecule has 1 aromatic carbocycles. The van der Waals surface area contributed by atoms with Crippen LogP contribution in [0, 0.1) is 0 Å². The Bertz CT molecular complexity index is 822. The zero-order valence-corrected chi connectivity index (χ0v) is 17.5. The maximum atomic E-state index is 13.0. The van der Waals surface area contributed by atoms with Gasteiger partial charge in [-0.15, -0.1) is 10.2 Å². The van der Waals surface area contributed by atoms with Crippen LogP contribution in [0.2, 0.25) is 0 Å². The molecule has 0 aliphatic carbocycles. The third-order valence-electron chi connectivity index (χ3n) is 4.16. The molecule has 1 aromatic heterocycles. The summed E-state index contributed by atoms with van der Waals surface area (Å²) >= 11 is 1.15. The molecular formula is C19H27N5O3S. The van der Waals surface area contributed by atoms with E-state index in [1.807, 2.05) is 31.2 Å². The van der Waals surface area contributed by atoms with Crippen molar-refractivity contribution in [3.8, 4) is 0 Å². The highest BCUT2D eigenvalue weighted by molar-refractivity contribution is 7.99. The Morgan fingerprint density at radius 1 is 1.25 bits per heavy atom. The van der Waals surface area contributed by atoms with Crippen molar-refractivity contribution in [1.82, 2.24) is 14.8 Å². The van der Waals surface area contributed by atoms with E-state index in [1.165, 1.54) is 0 Å². The molecule has 9 heteroatoms. The number of ether oxygens (including phenoxy) is 1. The molecule has 2 rings (SSSR count). The predicted molar refractivity (Wildman–Crippen MR) is 110 cm³/mol. The van der Waals surface area contributed by atoms with Crippen molar-refractivity contribution < 1.29 is 14.3 Å². The molecule has 2 aromatic rings. The predicted octanol–water partition coefficient (Wildman–Crippen LogP) is 3.23. The summed E-state index contributed by atoms with van der Waals surface area (Å²) in [4.78, 5) is 24.7. The van der Waals surface area contributed by atoms with Crippen molar-refractivity contribution in [1.29, 1.82) is 0 Å². The van der Waals surface area contributed by atoms with Gasteiger partial charge in [0, 0.05) is 5.69 Å². The molecule has 0 radical (unpaired) electrons. The second kappa shape index (κ2) is 10.1. The summed E-state index contributed by atoms with van der Waals surface area (Å²) in [6, 6.07) is 7.11. The Morgan fingerprint density at radius 3 is 2.61 bits per heavy atom. The maximum Gasteiger partial charge on any atom is 0.316 e. The largest absolute Gasteiger partial charge is 0.465 e. The Hall–Kier alpha value is -2.55. The molecule has 8 nitrogen and oxygen atoms in total. The van der Waals surface area contributed by atoms with Crippen LogP contribution >= 0.6 is 11.8 Å². The average Bonchev–Trinajstić information content (AvgIpc) is 3.02. The van der Waals surface area contributed by atoms with Gasteiger partial charge < -0.3 is 15.8 Å². The number of nitrogen functional groups attached to an aromatic ring is 1. The first-order valence-electron chi connectivity index (χ1n) is 9.27. The zero-order valence-electron chi connectivity index (χ0n) is 16.6. The number of aromatic nitrogens is 3. The first kappa shape index (κ1) is 21.7. The number of carbonyl (C=O) groups is 2. The standard InChI is InChI=1S/C19H27N5O3S/c1-5-15(17(26)21-14-10-8-7-9-13(14)12(3)4)24-18(20)22-23-19(24)28-11-16(25)27-6-2/h7-10,12,15H,5-6,11H2,1-4H3,(H2,20,22)(H,21,26). The van der Waals surface area contributed by atoms with Gasteiger partial charge in [-0.3, -0.25) is 14.2 Å². The summed E-state index contributed by atoms with van der Waals surface area (Å²) in [7, 11) is 0. The molecule has 28 heavy (non-hydrogen) atoms. The van der Waals surface area contributed by atoms with E-state index in [0.29, 0.717) is 18.2 Å². The Labute approximate surface area is 169 Å². The second-order valence-corrected chi connectivity index (χ2v) is 7.40. The van der Waals surface area contributed by atoms with E-state index in [-0.39, 0.29) is 29.5 Å². The summed E-state index contributed by atoms with van der Waals surface area (Å²) in [5.41, 5.74) is 7.80. The third kappa shape index (κ3) is 5.25. The highest BCUT2D eigenvalue weighted by Crippen LogP contribution is 2.28. The lowest BCUT2D eigenvalue weighted by molar-refractivity contribution is -0.139. The van der Waals surface area contributed by atoms with Crippen molar-refractivity contribution >= 4 is 35.3 Å². The molecule has 1 unspecified atom stereocenters. The van der Waals surface area contributed by atoms with E-state index in [9.17, 15) is 9.59 Å². The van der Waals surface area contributed by atoms with Crippen LogP contribution in [0.5, 0.6) is 0 Å². The van der Waals surface area contributed by atoms with Crippen LogP contribution in [-0.2, 0) is 14.3 Å². The highest BCUT2D eigenvalue weighted by Gasteiger charge is 2.26. The number of anilines is 2. The van der Waals surface area contributed by atoms with Gasteiger partial charge >= 0.3 is 5.97 Å². The number of rotatable bonds is 9. The molecule has 152 valence electrons. The monoisotopic (exact) mass is 405 g/mol. The van der Waals surface area contributed by atoms with Gasteiger partial charge in [0.15, 0.2) is 5.16 Å². The SMILES string of the molecule is CCOC(=O)CSc1nnc(N)n1C(CC)C(=O)Nc1ccccc1C(C)C. The van der Waals surface area contributed by atoms with Crippen LogP contribution in [0.1, 0.15) is 51.6 Å². The summed E-state index contributed by atoms with van der Waals surface area (Å²) in [6.45, 7) is 8.09. The number of nitrogens with two attached hydrogens (primary N) is 1. The quantitative estimate of drug-likeness (QED) is 0.486. The number of thioether (sulfide) groups is 1. The fraction of sp³-hybridized carbons (Fsp3) is 0.474. The Balaban J connectivity index is 2.22. The number of amides is 1. The minimum absolute atomic E-state index is 0.0697. The summed E-state index contributed by atoms with van der Waals surface area (Å²) in [5, 5.41) is 11.3. The van der Waals surface area contributed by atoms with Crippen LogP contribution in [0.15, 0.2) is 29.4 Å². The Morgan fingerprint density at radius 2 is 1.96 bits per heavy atom. The number of carbonyl (C=O) groups excluding carboxylic acids is 2. The number of para-hydroxylation sites is 1. The Kier molecular flexibility index (Phi) is 7.86. The van der Waals surface area contributed by atoms with Gasteiger partial charge in [0.05, 0.1) is 12.4 Å². The summed E-state index contributed by atoms with van der Waals surface area (Å²) < 4.78 is 6.50. The fourth-order valence-corrected chi connectivity index (χ4v) is 3.61. The normalized spacial score (nSPS) is 12.0. The minimum atomic E-state index is -0.597. The number of esters is 1. The van der Waals surface area contributed by atoms with Crippen LogP contribution < -0.4 is 11.1 Å². The number of hydrogen-bond acceptors (Lipinski definition) is 7. The zero-order chi connectivity index (χ0) is 20.7. The van der Waals surface area contributed by atoms with E-state index in [1.54, 1.807) is 11.5 Å². The van der Waals surface area contributed by atoms with E-state index in [4.69, 9.17) is 10.5 Å². The molecule has 1 atom stereocenters. The minimum Gasteiger partial charge on any atom is -0.465 e. The van der Waals surface area contributed by atoms with Crippen LogP contribution in [0.4, 0.5) is 11.6 Å². The van der Waals surface area contributed by atoms with Gasteiger partial charge in [-0.05, 0) is 30.9 Å². The van der Waals surface area contributed by atoms with Crippen molar-refractivity contribution in [2.45, 2.75) is 51.2 Å².